The Hall–Kier alpha value is -1.28. The van der Waals surface area contributed by atoms with Gasteiger partial charge in [0.2, 0.25) is 0 Å². The van der Waals surface area contributed by atoms with Gasteiger partial charge >= 0.3 is 5.97 Å². The number of benzene rings is 1. The van der Waals surface area contributed by atoms with Crippen LogP contribution in [0.5, 0.6) is 5.75 Å². The van der Waals surface area contributed by atoms with Crippen LogP contribution in [0.4, 0.5) is 0 Å². The largest absolute Gasteiger partial charge is 0.480 e. The summed E-state index contributed by atoms with van der Waals surface area (Å²) in [6, 6.07) is 3.51. The molecule has 2 rings (SSSR count). The Kier molecular flexibility index (Phi) is 7.34. The molecule has 1 aliphatic heterocycles. The number of hydrogen-bond donors (Lipinski definition) is 1. The predicted octanol–water partition coefficient (Wildman–Crippen LogP) is 2.09. The third-order valence-corrected chi connectivity index (χ3v) is 5.25. The highest BCUT2D eigenvalue weighted by Crippen LogP contribution is 2.30. The van der Waals surface area contributed by atoms with Crippen LogP contribution in [0.1, 0.15) is 12.5 Å². The minimum Gasteiger partial charge on any atom is -0.480 e. The van der Waals surface area contributed by atoms with Crippen LogP contribution >= 0.6 is 57.4 Å². The quantitative estimate of drug-likeness (QED) is 0.183. The molecule has 0 atom stereocenters. The zero-order chi connectivity index (χ0) is 19.4. The smallest absolute Gasteiger partial charge is 0.344 e. The molecule has 0 unspecified atom stereocenters. The van der Waals surface area contributed by atoms with E-state index in [-0.39, 0.29) is 23.9 Å². The maximum atomic E-state index is 12.3. The van der Waals surface area contributed by atoms with Crippen LogP contribution in [0.25, 0.3) is 6.08 Å². The molecule has 7 nitrogen and oxygen atoms in total. The van der Waals surface area contributed by atoms with Crippen molar-refractivity contribution in [1.82, 2.24) is 10.2 Å². The van der Waals surface area contributed by atoms with E-state index in [9.17, 15) is 14.4 Å². The summed E-state index contributed by atoms with van der Waals surface area (Å²) in [6.07, 6.45) is 1.50. The topological polar surface area (TPSA) is 84.9 Å². The number of amides is 2. The van der Waals surface area contributed by atoms with E-state index in [4.69, 9.17) is 21.7 Å². The second kappa shape index (κ2) is 9.08. The van der Waals surface area contributed by atoms with Gasteiger partial charge in [-0.1, -0.05) is 0 Å². The number of thiocarbonyl (C=S) groups is 1. The molecule has 0 saturated carbocycles. The molecule has 2 amide bonds. The highest BCUT2D eigenvalue weighted by atomic mass is 127. The first kappa shape index (κ1) is 21.0. The second-order valence-electron chi connectivity index (χ2n) is 5.09. The van der Waals surface area contributed by atoms with Crippen LogP contribution < -0.4 is 10.1 Å². The molecule has 0 spiro atoms. The van der Waals surface area contributed by atoms with E-state index >= 15 is 0 Å². The van der Waals surface area contributed by atoms with Gasteiger partial charge in [0.15, 0.2) is 11.7 Å². The van der Waals surface area contributed by atoms with Crippen molar-refractivity contribution in [2.75, 3.05) is 20.3 Å². The SMILES string of the molecule is CCOC(=O)COc1c(I)cc(/C=C2\C(=O)NC(=S)N(C)C2=O)cc1I. The molecule has 1 aromatic rings. The van der Waals surface area contributed by atoms with E-state index in [2.05, 4.69) is 50.5 Å². The number of nitrogens with zero attached hydrogens (tertiary/aromatic N) is 1. The number of carbonyl (C=O) groups excluding carboxylic acids is 3. The lowest BCUT2D eigenvalue weighted by molar-refractivity contribution is -0.145. The molecule has 1 heterocycles. The van der Waals surface area contributed by atoms with Gasteiger partial charge in [-0.05, 0) is 88.1 Å². The van der Waals surface area contributed by atoms with Crippen molar-refractivity contribution in [2.24, 2.45) is 0 Å². The van der Waals surface area contributed by atoms with Gasteiger partial charge in [0.05, 0.1) is 13.7 Å². The van der Waals surface area contributed by atoms with Crippen molar-refractivity contribution in [3.05, 3.63) is 30.4 Å². The molecule has 10 heteroatoms. The summed E-state index contributed by atoms with van der Waals surface area (Å²) in [7, 11) is 1.50. The Bertz CT molecular complexity index is 802. The fraction of sp³-hybridized carbons (Fsp3) is 0.250. The third-order valence-electron chi connectivity index (χ3n) is 3.28. The maximum Gasteiger partial charge on any atom is 0.344 e. The predicted molar refractivity (Wildman–Crippen MR) is 115 cm³/mol. The molecule has 0 radical (unpaired) electrons. The Labute approximate surface area is 182 Å². The van der Waals surface area contributed by atoms with Gasteiger partial charge in [-0.3, -0.25) is 19.8 Å². The molecule has 1 aromatic carbocycles. The van der Waals surface area contributed by atoms with E-state index in [1.807, 2.05) is 0 Å². The number of rotatable bonds is 5. The molecular weight excluding hydrogens is 586 g/mol. The zero-order valence-electron chi connectivity index (χ0n) is 13.8. The van der Waals surface area contributed by atoms with Crippen LogP contribution in [-0.4, -0.2) is 48.1 Å². The summed E-state index contributed by atoms with van der Waals surface area (Å²) in [5.41, 5.74) is 0.648. The molecule has 26 heavy (non-hydrogen) atoms. The van der Waals surface area contributed by atoms with Gasteiger partial charge in [0, 0.05) is 7.05 Å². The van der Waals surface area contributed by atoms with Crippen LogP contribution in [0.2, 0.25) is 0 Å². The summed E-state index contributed by atoms with van der Waals surface area (Å²) in [4.78, 5) is 36.9. The summed E-state index contributed by atoms with van der Waals surface area (Å²) in [5, 5.41) is 2.54. The monoisotopic (exact) mass is 600 g/mol. The minimum absolute atomic E-state index is 0.00658. The first-order valence-electron chi connectivity index (χ1n) is 7.37. The average Bonchev–Trinajstić information content (AvgIpc) is 2.56. The fourth-order valence-electron chi connectivity index (χ4n) is 2.05. The van der Waals surface area contributed by atoms with E-state index in [0.29, 0.717) is 11.3 Å². The van der Waals surface area contributed by atoms with Crippen LogP contribution in [0, 0.1) is 7.14 Å². The van der Waals surface area contributed by atoms with Crippen molar-refractivity contribution in [1.29, 1.82) is 0 Å². The fourth-order valence-corrected chi connectivity index (χ4v) is 4.35. The van der Waals surface area contributed by atoms with E-state index in [0.717, 1.165) is 7.14 Å². The highest BCUT2D eigenvalue weighted by molar-refractivity contribution is 14.1. The van der Waals surface area contributed by atoms with Crippen molar-refractivity contribution in [2.45, 2.75) is 6.92 Å². The molecule has 1 fully saturated rings. The lowest BCUT2D eigenvalue weighted by Crippen LogP contribution is -2.52. The van der Waals surface area contributed by atoms with E-state index in [1.165, 1.54) is 18.0 Å². The number of likely N-dealkylation sites (N-methyl/N-ethyl adjacent to an activating group) is 1. The highest BCUT2D eigenvalue weighted by Gasteiger charge is 2.30. The molecule has 138 valence electrons. The molecule has 1 aliphatic rings. The molecule has 0 aromatic heterocycles. The Morgan fingerprint density at radius 3 is 2.50 bits per heavy atom. The Morgan fingerprint density at radius 1 is 1.31 bits per heavy atom. The number of esters is 1. The standard InChI is InChI=1S/C16H14I2N2O5S/c1-3-24-12(21)7-25-13-10(17)5-8(6-11(13)18)4-9-14(22)19-16(26)20(2)15(9)23/h4-6H,3,7H2,1-2H3,(H,19,22,26)/b9-4+. The second-order valence-corrected chi connectivity index (χ2v) is 7.80. The molecule has 1 saturated heterocycles. The van der Waals surface area contributed by atoms with Crippen LogP contribution in [0.3, 0.4) is 0 Å². The zero-order valence-corrected chi connectivity index (χ0v) is 18.9. The maximum absolute atomic E-state index is 12.3. The van der Waals surface area contributed by atoms with Crippen molar-refractivity contribution in [3.8, 4) is 5.75 Å². The molecule has 0 aliphatic carbocycles. The summed E-state index contributed by atoms with van der Waals surface area (Å²) in [6.45, 7) is 1.82. The Balaban J connectivity index is 2.26. The van der Waals surface area contributed by atoms with Gasteiger partial charge in [0.25, 0.3) is 11.8 Å². The summed E-state index contributed by atoms with van der Waals surface area (Å²) >= 11 is 9.04. The number of carbonyl (C=O) groups is 3. The third kappa shape index (κ3) is 4.91. The number of hydrogen-bond acceptors (Lipinski definition) is 6. The van der Waals surface area contributed by atoms with E-state index < -0.39 is 17.8 Å². The average molecular weight is 600 g/mol. The van der Waals surface area contributed by atoms with Gasteiger partial charge in [-0.2, -0.15) is 0 Å². The van der Waals surface area contributed by atoms with Gasteiger partial charge in [0.1, 0.15) is 11.3 Å². The lowest BCUT2D eigenvalue weighted by atomic mass is 10.1. The lowest BCUT2D eigenvalue weighted by Gasteiger charge is -2.25. The molecule has 0 bridgehead atoms. The van der Waals surface area contributed by atoms with Crippen LogP contribution in [0.15, 0.2) is 17.7 Å². The Morgan fingerprint density at radius 2 is 1.92 bits per heavy atom. The van der Waals surface area contributed by atoms with Gasteiger partial charge in [-0.25, -0.2) is 4.79 Å². The van der Waals surface area contributed by atoms with Crippen molar-refractivity contribution < 1.29 is 23.9 Å². The van der Waals surface area contributed by atoms with Crippen molar-refractivity contribution >= 4 is 86.4 Å². The normalized spacial score (nSPS) is 15.9. The van der Waals surface area contributed by atoms with Gasteiger partial charge < -0.3 is 9.47 Å². The number of ether oxygens (including phenoxy) is 2. The summed E-state index contributed by atoms with van der Waals surface area (Å²) in [5.74, 6) is -0.912. The first-order chi connectivity index (χ1) is 12.2. The van der Waals surface area contributed by atoms with Crippen molar-refractivity contribution in [3.63, 3.8) is 0 Å². The van der Waals surface area contributed by atoms with Gasteiger partial charge in [-0.15, -0.1) is 0 Å². The first-order valence-corrected chi connectivity index (χ1v) is 9.93. The molecular formula is C16H14I2N2O5S. The molecule has 1 N–H and O–H groups in total. The minimum atomic E-state index is -0.536. The summed E-state index contributed by atoms with van der Waals surface area (Å²) < 4.78 is 11.8. The number of nitrogens with one attached hydrogen (secondary N) is 1. The van der Waals surface area contributed by atoms with Crippen LogP contribution in [-0.2, 0) is 19.1 Å². The van der Waals surface area contributed by atoms with E-state index in [1.54, 1.807) is 19.1 Å². The number of halogens is 2.